The molecule has 2 aromatic heterocycles. The van der Waals surface area contributed by atoms with E-state index in [2.05, 4.69) is 10.1 Å². The largest absolute Gasteiger partial charge is 0.386 e. The quantitative estimate of drug-likeness (QED) is 0.865. The van der Waals surface area contributed by atoms with Gasteiger partial charge in [0.1, 0.15) is 6.10 Å². The fourth-order valence-electron chi connectivity index (χ4n) is 3.60. The predicted octanol–water partition coefficient (Wildman–Crippen LogP) is 1.65. The zero-order valence-corrected chi connectivity index (χ0v) is 12.1. The van der Waals surface area contributed by atoms with Crippen molar-refractivity contribution in [1.29, 1.82) is 0 Å². The fourth-order valence-corrected chi connectivity index (χ4v) is 3.60. The molecule has 5 heteroatoms. The van der Waals surface area contributed by atoms with Crippen LogP contribution in [0.4, 0.5) is 0 Å². The van der Waals surface area contributed by atoms with Gasteiger partial charge < -0.3 is 9.84 Å². The third-order valence-corrected chi connectivity index (χ3v) is 4.80. The number of hydrogen-bond acceptors (Lipinski definition) is 4. The first-order valence-corrected chi connectivity index (χ1v) is 7.46. The number of fused-ring (bicyclic) bond motifs is 2. The normalized spacial score (nSPS) is 24.5. The molecule has 1 aliphatic heterocycles. The molecule has 4 rings (SSSR count). The van der Waals surface area contributed by atoms with Crippen LogP contribution >= 0.6 is 0 Å². The Kier molecular flexibility index (Phi) is 3.05. The van der Waals surface area contributed by atoms with E-state index < -0.39 is 6.10 Å². The molecule has 0 amide bonds. The summed E-state index contributed by atoms with van der Waals surface area (Å²) in [6.45, 7) is 0.952. The Balaban J connectivity index is 1.72. The van der Waals surface area contributed by atoms with Gasteiger partial charge in [0.2, 0.25) is 0 Å². The van der Waals surface area contributed by atoms with E-state index in [1.54, 1.807) is 6.20 Å². The van der Waals surface area contributed by atoms with Crippen molar-refractivity contribution in [2.75, 3.05) is 6.61 Å². The van der Waals surface area contributed by atoms with E-state index in [4.69, 9.17) is 4.74 Å². The average molecular weight is 285 g/mol. The summed E-state index contributed by atoms with van der Waals surface area (Å²) in [4.78, 5) is 4.35. The smallest absolute Gasteiger partial charge is 0.104 e. The summed E-state index contributed by atoms with van der Waals surface area (Å²) in [5.41, 5.74) is 6.00. The molecule has 0 saturated carbocycles. The molecule has 0 fully saturated rings. The molecule has 0 bridgehead atoms. The van der Waals surface area contributed by atoms with Crippen LogP contribution in [0.3, 0.4) is 0 Å². The van der Waals surface area contributed by atoms with Crippen LogP contribution in [-0.4, -0.2) is 26.5 Å². The van der Waals surface area contributed by atoms with E-state index in [1.807, 2.05) is 24.1 Å². The summed E-state index contributed by atoms with van der Waals surface area (Å²) >= 11 is 0. The maximum absolute atomic E-state index is 10.1. The van der Waals surface area contributed by atoms with Gasteiger partial charge in [0, 0.05) is 30.7 Å². The van der Waals surface area contributed by atoms with Crippen molar-refractivity contribution < 1.29 is 9.84 Å². The SMILES string of the molecule is Cn1ncc2c1CC(c1cncc3c1COCC3O)CC2. The molecule has 0 radical (unpaired) electrons. The highest BCUT2D eigenvalue weighted by atomic mass is 16.5. The van der Waals surface area contributed by atoms with Gasteiger partial charge in [0.15, 0.2) is 0 Å². The molecule has 1 aliphatic carbocycles. The Morgan fingerprint density at radius 2 is 2.14 bits per heavy atom. The third kappa shape index (κ3) is 2.08. The lowest BCUT2D eigenvalue weighted by molar-refractivity contribution is 0.00886. The van der Waals surface area contributed by atoms with Crippen molar-refractivity contribution in [1.82, 2.24) is 14.8 Å². The molecule has 3 heterocycles. The van der Waals surface area contributed by atoms with Crippen molar-refractivity contribution in [3.8, 4) is 0 Å². The van der Waals surface area contributed by atoms with E-state index in [0.29, 0.717) is 19.1 Å². The number of aromatic nitrogens is 3. The maximum Gasteiger partial charge on any atom is 0.104 e. The Morgan fingerprint density at radius 3 is 3.05 bits per heavy atom. The first kappa shape index (κ1) is 13.0. The van der Waals surface area contributed by atoms with Crippen LogP contribution < -0.4 is 0 Å². The van der Waals surface area contributed by atoms with Gasteiger partial charge in [-0.05, 0) is 41.9 Å². The van der Waals surface area contributed by atoms with E-state index in [1.165, 1.54) is 16.8 Å². The minimum absolute atomic E-state index is 0.370. The molecule has 0 spiro atoms. The first-order chi connectivity index (χ1) is 10.2. The van der Waals surface area contributed by atoms with Crippen molar-refractivity contribution in [2.45, 2.75) is 37.9 Å². The highest BCUT2D eigenvalue weighted by Crippen LogP contribution is 2.37. The molecule has 110 valence electrons. The van der Waals surface area contributed by atoms with Crippen LogP contribution in [0, 0.1) is 0 Å². The number of ether oxygens (including phenoxy) is 1. The topological polar surface area (TPSA) is 60.2 Å². The molecule has 0 saturated heterocycles. The van der Waals surface area contributed by atoms with Crippen LogP contribution in [0.15, 0.2) is 18.6 Å². The van der Waals surface area contributed by atoms with Crippen LogP contribution in [0.2, 0.25) is 0 Å². The number of hydrogen-bond donors (Lipinski definition) is 1. The Morgan fingerprint density at radius 1 is 1.29 bits per heavy atom. The molecule has 2 atom stereocenters. The van der Waals surface area contributed by atoms with Gasteiger partial charge in [0.25, 0.3) is 0 Å². The third-order valence-electron chi connectivity index (χ3n) is 4.80. The molecular weight excluding hydrogens is 266 g/mol. The van der Waals surface area contributed by atoms with Crippen LogP contribution in [-0.2, 0) is 31.2 Å². The van der Waals surface area contributed by atoms with Crippen molar-refractivity contribution in [2.24, 2.45) is 7.05 Å². The van der Waals surface area contributed by atoms with Crippen LogP contribution in [0.5, 0.6) is 0 Å². The molecule has 21 heavy (non-hydrogen) atoms. The summed E-state index contributed by atoms with van der Waals surface area (Å²) in [5, 5.41) is 14.4. The highest BCUT2D eigenvalue weighted by Gasteiger charge is 2.28. The lowest BCUT2D eigenvalue weighted by Gasteiger charge is -2.29. The summed E-state index contributed by atoms with van der Waals surface area (Å²) in [7, 11) is 2.01. The molecule has 1 N–H and O–H groups in total. The van der Waals surface area contributed by atoms with Crippen LogP contribution in [0.25, 0.3) is 0 Å². The Hall–Kier alpha value is -1.72. The monoisotopic (exact) mass is 285 g/mol. The van der Waals surface area contributed by atoms with Crippen molar-refractivity contribution in [3.63, 3.8) is 0 Å². The molecule has 2 unspecified atom stereocenters. The number of aryl methyl sites for hydroxylation is 2. The molecule has 2 aromatic rings. The summed E-state index contributed by atoms with van der Waals surface area (Å²) in [5.74, 6) is 0.434. The Bertz CT molecular complexity index is 680. The van der Waals surface area contributed by atoms with Crippen molar-refractivity contribution >= 4 is 0 Å². The minimum Gasteiger partial charge on any atom is -0.386 e. The summed E-state index contributed by atoms with van der Waals surface area (Å²) in [6, 6.07) is 0. The first-order valence-electron chi connectivity index (χ1n) is 7.46. The number of pyridine rings is 1. The Labute approximate surface area is 123 Å². The second-order valence-corrected chi connectivity index (χ2v) is 6.01. The van der Waals surface area contributed by atoms with E-state index in [-0.39, 0.29) is 0 Å². The summed E-state index contributed by atoms with van der Waals surface area (Å²) in [6.07, 6.45) is 8.32. The predicted molar refractivity (Wildman–Crippen MR) is 76.8 cm³/mol. The molecule has 2 aliphatic rings. The molecular formula is C16H19N3O2. The second kappa shape index (κ2) is 4.93. The molecule has 5 nitrogen and oxygen atoms in total. The fraction of sp³-hybridized carbons (Fsp3) is 0.500. The highest BCUT2D eigenvalue weighted by molar-refractivity contribution is 5.38. The van der Waals surface area contributed by atoms with E-state index >= 15 is 0 Å². The standard InChI is InChI=1S/C16H19N3O2/c1-19-15-4-10(2-3-11(15)5-18-19)12-6-17-7-13-14(12)8-21-9-16(13)20/h5-7,10,16,20H,2-4,8-9H2,1H3. The van der Waals surface area contributed by atoms with Crippen LogP contribution in [0.1, 0.15) is 46.4 Å². The minimum atomic E-state index is -0.544. The number of aliphatic hydroxyl groups is 1. The number of aliphatic hydroxyl groups excluding tert-OH is 1. The van der Waals surface area contributed by atoms with Crippen molar-refractivity contribution in [3.05, 3.63) is 46.5 Å². The van der Waals surface area contributed by atoms with Gasteiger partial charge in [0.05, 0.1) is 19.4 Å². The van der Waals surface area contributed by atoms with Gasteiger partial charge in [-0.1, -0.05) is 0 Å². The number of nitrogens with zero attached hydrogens (tertiary/aromatic N) is 3. The van der Waals surface area contributed by atoms with Gasteiger partial charge in [-0.3, -0.25) is 9.67 Å². The summed E-state index contributed by atoms with van der Waals surface area (Å²) < 4.78 is 7.50. The lowest BCUT2D eigenvalue weighted by atomic mass is 9.80. The van der Waals surface area contributed by atoms with Gasteiger partial charge in [-0.2, -0.15) is 5.10 Å². The lowest BCUT2D eigenvalue weighted by Crippen LogP contribution is -2.22. The van der Waals surface area contributed by atoms with E-state index in [0.717, 1.165) is 30.4 Å². The van der Waals surface area contributed by atoms with Gasteiger partial charge >= 0.3 is 0 Å². The van der Waals surface area contributed by atoms with Gasteiger partial charge in [-0.15, -0.1) is 0 Å². The zero-order valence-electron chi connectivity index (χ0n) is 12.1. The second-order valence-electron chi connectivity index (χ2n) is 6.01. The maximum atomic E-state index is 10.1. The molecule has 0 aromatic carbocycles. The zero-order chi connectivity index (χ0) is 14.4. The average Bonchev–Trinajstić information content (AvgIpc) is 2.88. The number of rotatable bonds is 1. The van der Waals surface area contributed by atoms with E-state index in [9.17, 15) is 5.11 Å². The van der Waals surface area contributed by atoms with Gasteiger partial charge in [-0.25, -0.2) is 0 Å².